The molecule has 0 aromatic heterocycles. The zero-order valence-electron chi connectivity index (χ0n) is 11.5. The zero-order valence-corrected chi connectivity index (χ0v) is 11.5. The fourth-order valence-electron chi connectivity index (χ4n) is 3.86. The predicted octanol–water partition coefficient (Wildman–Crippen LogP) is 2.44. The van der Waals surface area contributed by atoms with Crippen LogP contribution in [-0.4, -0.2) is 18.7 Å². The van der Waals surface area contributed by atoms with Gasteiger partial charge in [0, 0.05) is 17.9 Å². The van der Waals surface area contributed by atoms with Gasteiger partial charge in [-0.1, -0.05) is 24.6 Å². The highest BCUT2D eigenvalue weighted by Gasteiger charge is 2.58. The topological polar surface area (TPSA) is 43.4 Å². The summed E-state index contributed by atoms with van der Waals surface area (Å²) in [6.07, 6.45) is 6.69. The average Bonchev–Trinajstić information content (AvgIpc) is 2.77. The monoisotopic (exact) mass is 258 g/mol. The molecule has 0 radical (unpaired) electrons. The molecule has 0 aliphatic heterocycles. The van der Waals surface area contributed by atoms with Gasteiger partial charge in [0.1, 0.15) is 0 Å². The first-order chi connectivity index (χ1) is 9.06. The number of allylic oxidation sites excluding steroid dienone is 6. The summed E-state index contributed by atoms with van der Waals surface area (Å²) in [4.78, 5) is 24.5. The van der Waals surface area contributed by atoms with Crippen molar-refractivity contribution in [1.82, 2.24) is 0 Å². The molecule has 2 unspecified atom stereocenters. The van der Waals surface area contributed by atoms with Crippen molar-refractivity contribution in [1.29, 1.82) is 0 Å². The lowest BCUT2D eigenvalue weighted by Crippen LogP contribution is -2.55. The van der Waals surface area contributed by atoms with Gasteiger partial charge < -0.3 is 4.74 Å². The number of methoxy groups -OCH3 is 1. The van der Waals surface area contributed by atoms with Crippen LogP contribution in [0.1, 0.15) is 20.3 Å². The average molecular weight is 258 g/mol. The number of rotatable bonds is 2. The number of ketones is 2. The van der Waals surface area contributed by atoms with Crippen molar-refractivity contribution in [3.8, 4) is 0 Å². The van der Waals surface area contributed by atoms with Crippen LogP contribution in [0.2, 0.25) is 0 Å². The molecule has 1 fully saturated rings. The van der Waals surface area contributed by atoms with E-state index in [9.17, 15) is 9.59 Å². The number of carbonyl (C=O) groups excluding carboxylic acids is 2. The second-order valence-corrected chi connectivity index (χ2v) is 5.70. The molecule has 0 saturated heterocycles. The van der Waals surface area contributed by atoms with Gasteiger partial charge in [-0.25, -0.2) is 0 Å². The van der Waals surface area contributed by atoms with E-state index in [1.165, 1.54) is 24.3 Å². The van der Waals surface area contributed by atoms with Crippen molar-refractivity contribution in [2.45, 2.75) is 20.3 Å². The Hall–Kier alpha value is -1.64. The molecule has 3 rings (SSSR count). The Bertz CT molecular complexity index is 550. The van der Waals surface area contributed by atoms with Gasteiger partial charge in [0.2, 0.25) is 5.78 Å². The Morgan fingerprint density at radius 2 is 1.89 bits per heavy atom. The first kappa shape index (κ1) is 12.4. The number of carbonyl (C=O) groups is 2. The molecule has 0 N–H and O–H groups in total. The van der Waals surface area contributed by atoms with E-state index in [2.05, 4.69) is 26.0 Å². The van der Waals surface area contributed by atoms with Crippen LogP contribution in [-0.2, 0) is 14.3 Å². The highest BCUT2D eigenvalue weighted by atomic mass is 16.5. The quantitative estimate of drug-likeness (QED) is 0.764. The van der Waals surface area contributed by atoms with Crippen LogP contribution in [0.4, 0.5) is 0 Å². The van der Waals surface area contributed by atoms with Gasteiger partial charge in [0.25, 0.3) is 0 Å². The van der Waals surface area contributed by atoms with Crippen molar-refractivity contribution in [3.63, 3.8) is 0 Å². The molecule has 0 spiro atoms. The second kappa shape index (κ2) is 4.19. The maximum atomic E-state index is 12.4. The standard InChI is InChI=1S/C16H18O3/c1-8-5-4-6-10(8)13-9(2)14-11(17)7-12(19-3)16(18)15(13)14/h5-7,9,13-15H,4H2,1-3H3/t9-,13+,14?,15?/m1/s1. The van der Waals surface area contributed by atoms with Gasteiger partial charge in [0.05, 0.1) is 7.11 Å². The maximum absolute atomic E-state index is 12.4. The van der Waals surface area contributed by atoms with Crippen LogP contribution in [0.3, 0.4) is 0 Å². The third-order valence-corrected chi connectivity index (χ3v) is 4.85. The minimum absolute atomic E-state index is 0.00389. The lowest BCUT2D eigenvalue weighted by Gasteiger charge is -2.51. The van der Waals surface area contributed by atoms with E-state index in [-0.39, 0.29) is 41.0 Å². The SMILES string of the molecule is COC1=CC(=O)C2C(C1=O)[C@H](C1=CCC=C1C)[C@H]2C. The van der Waals surface area contributed by atoms with Crippen LogP contribution < -0.4 is 0 Å². The number of ether oxygens (including phenoxy) is 1. The summed E-state index contributed by atoms with van der Waals surface area (Å²) in [6.45, 7) is 4.16. The van der Waals surface area contributed by atoms with Crippen molar-refractivity contribution in [3.05, 3.63) is 35.1 Å². The number of hydrogen-bond donors (Lipinski definition) is 0. The molecule has 3 heteroatoms. The van der Waals surface area contributed by atoms with Crippen molar-refractivity contribution >= 4 is 11.6 Å². The van der Waals surface area contributed by atoms with E-state index in [0.29, 0.717) is 0 Å². The molecule has 0 amide bonds. The Morgan fingerprint density at radius 1 is 1.16 bits per heavy atom. The van der Waals surface area contributed by atoms with Crippen LogP contribution in [0.25, 0.3) is 0 Å². The summed E-state index contributed by atoms with van der Waals surface area (Å²) in [5.41, 5.74) is 2.51. The summed E-state index contributed by atoms with van der Waals surface area (Å²) in [5.74, 6) is 0.327. The lowest BCUT2D eigenvalue weighted by molar-refractivity contribution is -0.147. The Labute approximate surface area is 113 Å². The second-order valence-electron chi connectivity index (χ2n) is 5.70. The molecular weight excluding hydrogens is 240 g/mol. The Kier molecular flexibility index (Phi) is 2.73. The number of fused-ring (bicyclic) bond motifs is 1. The van der Waals surface area contributed by atoms with Gasteiger partial charge in [0.15, 0.2) is 11.5 Å². The van der Waals surface area contributed by atoms with Crippen LogP contribution >= 0.6 is 0 Å². The molecule has 3 nitrogen and oxygen atoms in total. The van der Waals surface area contributed by atoms with Crippen molar-refractivity contribution in [2.75, 3.05) is 7.11 Å². The molecule has 0 aromatic carbocycles. The van der Waals surface area contributed by atoms with Gasteiger partial charge in [-0.2, -0.15) is 0 Å². The van der Waals surface area contributed by atoms with E-state index < -0.39 is 0 Å². The van der Waals surface area contributed by atoms with E-state index >= 15 is 0 Å². The molecule has 19 heavy (non-hydrogen) atoms. The van der Waals surface area contributed by atoms with E-state index in [1.54, 1.807) is 0 Å². The first-order valence-electron chi connectivity index (χ1n) is 6.77. The molecule has 1 saturated carbocycles. The summed E-state index contributed by atoms with van der Waals surface area (Å²) < 4.78 is 5.06. The smallest absolute Gasteiger partial charge is 0.201 e. The summed E-state index contributed by atoms with van der Waals surface area (Å²) in [6, 6.07) is 0. The highest BCUT2D eigenvalue weighted by molar-refractivity contribution is 6.11. The molecule has 0 bridgehead atoms. The van der Waals surface area contributed by atoms with E-state index in [0.717, 1.165) is 6.42 Å². The van der Waals surface area contributed by atoms with Gasteiger partial charge in [-0.05, 0) is 30.8 Å². The van der Waals surface area contributed by atoms with Gasteiger partial charge in [-0.3, -0.25) is 9.59 Å². The fourth-order valence-corrected chi connectivity index (χ4v) is 3.86. The van der Waals surface area contributed by atoms with Crippen LogP contribution in [0, 0.1) is 23.7 Å². The Morgan fingerprint density at radius 3 is 2.47 bits per heavy atom. The summed E-state index contributed by atoms with van der Waals surface area (Å²) in [5, 5.41) is 0. The lowest BCUT2D eigenvalue weighted by atomic mass is 9.50. The summed E-state index contributed by atoms with van der Waals surface area (Å²) in [7, 11) is 1.45. The molecule has 0 aromatic rings. The molecule has 0 heterocycles. The molecule has 3 aliphatic carbocycles. The van der Waals surface area contributed by atoms with Crippen molar-refractivity contribution in [2.24, 2.45) is 23.7 Å². The van der Waals surface area contributed by atoms with Gasteiger partial charge in [-0.15, -0.1) is 0 Å². The third-order valence-electron chi connectivity index (χ3n) is 4.85. The summed E-state index contributed by atoms with van der Waals surface area (Å²) >= 11 is 0. The molecule has 100 valence electrons. The van der Waals surface area contributed by atoms with Crippen LogP contribution in [0.5, 0.6) is 0 Å². The molecule has 3 aliphatic rings. The molecule has 4 atom stereocenters. The minimum atomic E-state index is -0.213. The molecular formula is C16H18O3. The highest BCUT2D eigenvalue weighted by Crippen LogP contribution is 2.55. The first-order valence-corrected chi connectivity index (χ1v) is 6.77. The zero-order chi connectivity index (χ0) is 13.7. The maximum Gasteiger partial charge on any atom is 0.201 e. The van der Waals surface area contributed by atoms with Crippen LogP contribution in [0.15, 0.2) is 35.1 Å². The fraction of sp³-hybridized carbons (Fsp3) is 0.500. The predicted molar refractivity (Wildman–Crippen MR) is 71.2 cm³/mol. The normalized spacial score (nSPS) is 37.1. The van der Waals surface area contributed by atoms with Crippen molar-refractivity contribution < 1.29 is 14.3 Å². The number of hydrogen-bond acceptors (Lipinski definition) is 3. The number of Topliss-reactive ketones (excluding diaryl/α,β-unsaturated/α-hetero) is 1. The van der Waals surface area contributed by atoms with E-state index in [1.807, 2.05) is 0 Å². The Balaban J connectivity index is 1.96. The van der Waals surface area contributed by atoms with Gasteiger partial charge >= 0.3 is 0 Å². The van der Waals surface area contributed by atoms with E-state index in [4.69, 9.17) is 4.74 Å². The minimum Gasteiger partial charge on any atom is -0.493 e. The largest absolute Gasteiger partial charge is 0.493 e. The third kappa shape index (κ3) is 1.57.